The monoisotopic (exact) mass is 269 g/mol. The summed E-state index contributed by atoms with van der Waals surface area (Å²) in [5, 5.41) is 0. The third-order valence-corrected chi connectivity index (χ3v) is 3.45. The average Bonchev–Trinajstić information content (AvgIpc) is 2.51. The first-order valence-electron chi connectivity index (χ1n) is 6.98. The molecule has 3 nitrogen and oxygen atoms in total. The lowest BCUT2D eigenvalue weighted by molar-refractivity contribution is 0.122. The van der Waals surface area contributed by atoms with Crippen molar-refractivity contribution in [1.82, 2.24) is 0 Å². The Bertz CT molecular complexity index is 559. The van der Waals surface area contributed by atoms with Crippen molar-refractivity contribution in [3.63, 3.8) is 0 Å². The Kier molecular flexibility index (Phi) is 3.88. The van der Waals surface area contributed by atoms with E-state index in [2.05, 4.69) is 36.1 Å². The van der Waals surface area contributed by atoms with Crippen LogP contribution >= 0.6 is 0 Å². The van der Waals surface area contributed by atoms with Gasteiger partial charge in [0.25, 0.3) is 0 Å². The lowest BCUT2D eigenvalue weighted by atomic mass is 10.2. The number of ether oxygens (including phenoxy) is 2. The van der Waals surface area contributed by atoms with Crippen molar-refractivity contribution in [2.75, 3.05) is 31.2 Å². The van der Waals surface area contributed by atoms with Crippen LogP contribution in [0, 0.1) is 6.92 Å². The van der Waals surface area contributed by atoms with Gasteiger partial charge in [0.1, 0.15) is 11.5 Å². The topological polar surface area (TPSA) is 21.7 Å². The Morgan fingerprint density at radius 1 is 0.950 bits per heavy atom. The van der Waals surface area contributed by atoms with Gasteiger partial charge in [-0.3, -0.25) is 0 Å². The van der Waals surface area contributed by atoms with Crippen LogP contribution in [0.1, 0.15) is 5.56 Å². The molecule has 0 spiro atoms. The van der Waals surface area contributed by atoms with Gasteiger partial charge in [-0.2, -0.15) is 0 Å². The summed E-state index contributed by atoms with van der Waals surface area (Å²) in [6.45, 7) is 5.54. The van der Waals surface area contributed by atoms with Gasteiger partial charge in [-0.05, 0) is 31.2 Å². The minimum absolute atomic E-state index is 0.795. The van der Waals surface area contributed by atoms with E-state index in [1.807, 2.05) is 24.3 Å². The minimum Gasteiger partial charge on any atom is -0.457 e. The molecule has 104 valence electrons. The molecule has 3 rings (SSSR count). The molecule has 1 saturated heterocycles. The van der Waals surface area contributed by atoms with Gasteiger partial charge < -0.3 is 14.4 Å². The second-order valence-electron chi connectivity index (χ2n) is 5.01. The standard InChI is InChI=1S/C17H19NO2/c1-14-5-7-16(8-6-14)20-17-4-2-3-15(13-17)18-9-11-19-12-10-18/h2-8,13H,9-12H2,1H3. The number of rotatable bonds is 3. The number of hydrogen-bond acceptors (Lipinski definition) is 3. The molecular weight excluding hydrogens is 250 g/mol. The summed E-state index contributed by atoms with van der Waals surface area (Å²) < 4.78 is 11.3. The molecule has 0 aromatic heterocycles. The number of anilines is 1. The summed E-state index contributed by atoms with van der Waals surface area (Å²) >= 11 is 0. The van der Waals surface area contributed by atoms with Crippen LogP contribution in [0.15, 0.2) is 48.5 Å². The first-order valence-corrected chi connectivity index (χ1v) is 6.98. The van der Waals surface area contributed by atoms with E-state index in [1.54, 1.807) is 0 Å². The zero-order valence-electron chi connectivity index (χ0n) is 11.7. The van der Waals surface area contributed by atoms with Gasteiger partial charge in [0, 0.05) is 24.8 Å². The number of morpholine rings is 1. The average molecular weight is 269 g/mol. The van der Waals surface area contributed by atoms with Crippen molar-refractivity contribution in [3.05, 3.63) is 54.1 Å². The maximum atomic E-state index is 5.91. The quantitative estimate of drug-likeness (QED) is 0.849. The SMILES string of the molecule is Cc1ccc(Oc2cccc(N3CCOCC3)c2)cc1. The van der Waals surface area contributed by atoms with Gasteiger partial charge in [0.05, 0.1) is 13.2 Å². The Morgan fingerprint density at radius 2 is 1.70 bits per heavy atom. The fourth-order valence-corrected chi connectivity index (χ4v) is 2.31. The Hall–Kier alpha value is -2.00. The molecule has 0 N–H and O–H groups in total. The molecule has 1 aliphatic rings. The van der Waals surface area contributed by atoms with Gasteiger partial charge in [0.2, 0.25) is 0 Å². The fraction of sp³-hybridized carbons (Fsp3) is 0.294. The van der Waals surface area contributed by atoms with Gasteiger partial charge in [-0.1, -0.05) is 23.8 Å². The molecule has 2 aromatic carbocycles. The molecule has 3 heteroatoms. The van der Waals surface area contributed by atoms with Gasteiger partial charge in [-0.15, -0.1) is 0 Å². The molecule has 0 bridgehead atoms. The molecule has 0 aliphatic carbocycles. The Balaban J connectivity index is 1.75. The summed E-state index contributed by atoms with van der Waals surface area (Å²) in [5.74, 6) is 1.74. The highest BCUT2D eigenvalue weighted by Crippen LogP contribution is 2.26. The Morgan fingerprint density at radius 3 is 2.45 bits per heavy atom. The van der Waals surface area contributed by atoms with Crippen LogP contribution in [-0.2, 0) is 4.74 Å². The summed E-state index contributed by atoms with van der Waals surface area (Å²) in [6, 6.07) is 16.3. The second kappa shape index (κ2) is 5.97. The number of aryl methyl sites for hydroxylation is 1. The second-order valence-corrected chi connectivity index (χ2v) is 5.01. The van der Waals surface area contributed by atoms with Crippen LogP contribution in [0.2, 0.25) is 0 Å². The molecule has 1 fully saturated rings. The first kappa shape index (κ1) is 13.0. The van der Waals surface area contributed by atoms with Crippen LogP contribution in [0.3, 0.4) is 0 Å². The molecule has 20 heavy (non-hydrogen) atoms. The van der Waals surface area contributed by atoms with Crippen LogP contribution in [0.25, 0.3) is 0 Å². The van der Waals surface area contributed by atoms with Crippen molar-refractivity contribution in [3.8, 4) is 11.5 Å². The Labute approximate surface area is 119 Å². The predicted octanol–water partition coefficient (Wildman–Crippen LogP) is 3.62. The highest BCUT2D eigenvalue weighted by atomic mass is 16.5. The van der Waals surface area contributed by atoms with Crippen LogP contribution in [0.5, 0.6) is 11.5 Å². The van der Waals surface area contributed by atoms with Gasteiger partial charge >= 0.3 is 0 Å². The lowest BCUT2D eigenvalue weighted by Crippen LogP contribution is -2.36. The van der Waals surface area contributed by atoms with Crippen LogP contribution in [-0.4, -0.2) is 26.3 Å². The van der Waals surface area contributed by atoms with Crippen LogP contribution in [0.4, 0.5) is 5.69 Å². The third-order valence-electron chi connectivity index (χ3n) is 3.45. The van der Waals surface area contributed by atoms with E-state index in [0.29, 0.717) is 0 Å². The van der Waals surface area contributed by atoms with Crippen molar-refractivity contribution in [1.29, 1.82) is 0 Å². The predicted molar refractivity (Wildman–Crippen MR) is 80.7 cm³/mol. The van der Waals surface area contributed by atoms with Crippen molar-refractivity contribution in [2.45, 2.75) is 6.92 Å². The smallest absolute Gasteiger partial charge is 0.129 e. The maximum absolute atomic E-state index is 5.91. The van der Waals surface area contributed by atoms with Gasteiger partial charge in [0.15, 0.2) is 0 Å². The van der Waals surface area contributed by atoms with E-state index in [1.165, 1.54) is 11.3 Å². The van der Waals surface area contributed by atoms with Crippen LogP contribution < -0.4 is 9.64 Å². The highest BCUT2D eigenvalue weighted by molar-refractivity contribution is 5.51. The molecule has 0 unspecified atom stereocenters. The molecule has 0 atom stereocenters. The van der Waals surface area contributed by atoms with Crippen molar-refractivity contribution < 1.29 is 9.47 Å². The molecule has 0 saturated carbocycles. The molecule has 1 heterocycles. The minimum atomic E-state index is 0.795. The fourth-order valence-electron chi connectivity index (χ4n) is 2.31. The van der Waals surface area contributed by atoms with E-state index in [-0.39, 0.29) is 0 Å². The van der Waals surface area contributed by atoms with E-state index < -0.39 is 0 Å². The molecule has 0 amide bonds. The summed E-state index contributed by atoms with van der Waals surface area (Å²) in [5.41, 5.74) is 2.43. The number of hydrogen-bond donors (Lipinski definition) is 0. The maximum Gasteiger partial charge on any atom is 0.129 e. The van der Waals surface area contributed by atoms with E-state index in [4.69, 9.17) is 9.47 Å². The lowest BCUT2D eigenvalue weighted by Gasteiger charge is -2.29. The van der Waals surface area contributed by atoms with Gasteiger partial charge in [-0.25, -0.2) is 0 Å². The summed E-state index contributed by atoms with van der Waals surface area (Å²) in [7, 11) is 0. The van der Waals surface area contributed by atoms with Crippen molar-refractivity contribution >= 4 is 5.69 Å². The first-order chi connectivity index (χ1) is 9.81. The largest absolute Gasteiger partial charge is 0.457 e. The van der Waals surface area contributed by atoms with E-state index in [0.717, 1.165) is 37.8 Å². The summed E-state index contributed by atoms with van der Waals surface area (Å²) in [6.07, 6.45) is 0. The highest BCUT2D eigenvalue weighted by Gasteiger charge is 2.11. The third kappa shape index (κ3) is 3.11. The zero-order valence-corrected chi connectivity index (χ0v) is 11.7. The number of nitrogens with zero attached hydrogens (tertiary/aromatic N) is 1. The summed E-state index contributed by atoms with van der Waals surface area (Å²) in [4.78, 5) is 2.32. The van der Waals surface area contributed by atoms with Crippen molar-refractivity contribution in [2.24, 2.45) is 0 Å². The molecule has 1 aliphatic heterocycles. The zero-order chi connectivity index (χ0) is 13.8. The van der Waals surface area contributed by atoms with E-state index in [9.17, 15) is 0 Å². The molecule has 2 aromatic rings. The molecule has 0 radical (unpaired) electrons. The molecular formula is C17H19NO2. The normalized spacial score (nSPS) is 15.2. The van der Waals surface area contributed by atoms with E-state index >= 15 is 0 Å². The number of benzene rings is 2.